The van der Waals surface area contributed by atoms with Crippen molar-refractivity contribution >= 4 is 38.6 Å². The monoisotopic (exact) mass is 490 g/mol. The number of piperazine rings is 1. The Balaban J connectivity index is 1.68. The summed E-state index contributed by atoms with van der Waals surface area (Å²) < 4.78 is 27.8. The van der Waals surface area contributed by atoms with E-state index in [4.69, 9.17) is 0 Å². The number of hydrogen-bond donors (Lipinski definition) is 1. The summed E-state index contributed by atoms with van der Waals surface area (Å²) in [6.07, 6.45) is 4.41. The first-order valence-corrected chi connectivity index (χ1v) is 14.1. The van der Waals surface area contributed by atoms with E-state index in [1.165, 1.54) is 27.6 Å². The number of carbonyl (C=O) groups is 1. The summed E-state index contributed by atoms with van der Waals surface area (Å²) in [5, 5.41) is 3.07. The second-order valence-electron chi connectivity index (χ2n) is 8.78. The number of anilines is 2. The second-order valence-corrected chi connectivity index (χ2v) is 11.9. The molecule has 9 heteroatoms. The van der Waals surface area contributed by atoms with Gasteiger partial charge in [-0.1, -0.05) is 13.8 Å². The minimum Gasteiger partial charge on any atom is -0.367 e. The highest BCUT2D eigenvalue weighted by Crippen LogP contribution is 2.33. The molecule has 2 aromatic rings. The zero-order chi connectivity index (χ0) is 23.6. The maximum Gasteiger partial charge on any atom is 0.265 e. The Hall–Kier alpha value is -1.94. The molecular formula is C24H34N4O3S2. The van der Waals surface area contributed by atoms with Crippen LogP contribution in [0.15, 0.2) is 29.2 Å². The van der Waals surface area contributed by atoms with Crippen molar-refractivity contribution in [3.05, 3.63) is 39.6 Å². The van der Waals surface area contributed by atoms with Crippen LogP contribution < -0.4 is 10.2 Å². The minimum atomic E-state index is -3.62. The van der Waals surface area contributed by atoms with Crippen LogP contribution in [0.3, 0.4) is 0 Å². The van der Waals surface area contributed by atoms with Crippen molar-refractivity contribution in [3.63, 3.8) is 0 Å². The Morgan fingerprint density at radius 2 is 1.76 bits per heavy atom. The maximum absolute atomic E-state index is 13.2. The number of nitrogens with zero attached hydrogens (tertiary/aromatic N) is 3. The normalized spacial score (nSPS) is 17.3. The molecule has 1 aliphatic heterocycles. The van der Waals surface area contributed by atoms with Gasteiger partial charge >= 0.3 is 0 Å². The number of nitrogens with one attached hydrogen (secondary N) is 1. The van der Waals surface area contributed by atoms with Crippen LogP contribution >= 0.6 is 11.3 Å². The van der Waals surface area contributed by atoms with Crippen LogP contribution in [0, 0.1) is 0 Å². The SMILES string of the molecule is CCN(CC)S(=O)(=O)c1ccc(N2CCN(C)CC2)c(NC(=O)c2cc3c(s2)CCCC3)c1. The minimum absolute atomic E-state index is 0.165. The fourth-order valence-electron chi connectivity index (χ4n) is 4.60. The number of fused-ring (bicyclic) bond motifs is 1. The van der Waals surface area contributed by atoms with Gasteiger partial charge in [-0.2, -0.15) is 4.31 Å². The number of aryl methyl sites for hydroxylation is 2. The molecule has 33 heavy (non-hydrogen) atoms. The summed E-state index contributed by atoms with van der Waals surface area (Å²) in [5.41, 5.74) is 2.72. The number of benzene rings is 1. The zero-order valence-electron chi connectivity index (χ0n) is 19.8. The summed E-state index contributed by atoms with van der Waals surface area (Å²) in [4.78, 5) is 20.0. The molecule has 0 spiro atoms. The Morgan fingerprint density at radius 1 is 1.06 bits per heavy atom. The van der Waals surface area contributed by atoms with Crippen molar-refractivity contribution in [1.29, 1.82) is 0 Å². The van der Waals surface area contributed by atoms with Gasteiger partial charge in [0.25, 0.3) is 5.91 Å². The molecule has 7 nitrogen and oxygen atoms in total. The standard InChI is InChI=1S/C24H34N4O3S2/c1-4-28(5-2)33(30,31)19-10-11-21(27-14-12-26(3)13-15-27)20(17-19)25-24(29)23-16-18-8-6-7-9-22(18)32-23/h10-11,16-17H,4-9,12-15H2,1-3H3,(H,25,29). The lowest BCUT2D eigenvalue weighted by Gasteiger charge is -2.35. The molecule has 2 aliphatic rings. The third kappa shape index (κ3) is 5.11. The highest BCUT2D eigenvalue weighted by Gasteiger charge is 2.26. The topological polar surface area (TPSA) is 73.0 Å². The number of carbonyl (C=O) groups excluding carboxylic acids is 1. The molecular weight excluding hydrogens is 456 g/mol. The first-order valence-electron chi connectivity index (χ1n) is 11.8. The van der Waals surface area contributed by atoms with Crippen LogP contribution in [0.1, 0.15) is 46.8 Å². The molecule has 1 aliphatic carbocycles. The van der Waals surface area contributed by atoms with Crippen molar-refractivity contribution in [2.45, 2.75) is 44.4 Å². The molecule has 0 atom stereocenters. The van der Waals surface area contributed by atoms with Crippen LogP contribution in [0.4, 0.5) is 11.4 Å². The lowest BCUT2D eigenvalue weighted by atomic mass is 9.99. The molecule has 1 aromatic heterocycles. The average Bonchev–Trinajstić information content (AvgIpc) is 3.25. The largest absolute Gasteiger partial charge is 0.367 e. The third-order valence-corrected chi connectivity index (χ3v) is 9.91. The van der Waals surface area contributed by atoms with Crippen molar-refractivity contribution < 1.29 is 13.2 Å². The summed E-state index contributed by atoms with van der Waals surface area (Å²) >= 11 is 1.57. The smallest absolute Gasteiger partial charge is 0.265 e. The van der Waals surface area contributed by atoms with E-state index in [0.717, 1.165) is 44.7 Å². The molecule has 1 amide bonds. The predicted octanol–water partition coefficient (Wildman–Crippen LogP) is 3.66. The van der Waals surface area contributed by atoms with Gasteiger partial charge < -0.3 is 15.1 Å². The molecule has 0 saturated carbocycles. The molecule has 4 rings (SSSR count). The fourth-order valence-corrected chi connectivity index (χ4v) is 7.23. The quantitative estimate of drug-likeness (QED) is 0.641. The van der Waals surface area contributed by atoms with Gasteiger partial charge in [-0.25, -0.2) is 8.42 Å². The van der Waals surface area contributed by atoms with Crippen LogP contribution in [-0.4, -0.2) is 69.8 Å². The average molecular weight is 491 g/mol. The van der Waals surface area contributed by atoms with Gasteiger partial charge in [-0.15, -0.1) is 11.3 Å². The summed E-state index contributed by atoms with van der Waals surface area (Å²) in [6.45, 7) is 7.98. The zero-order valence-corrected chi connectivity index (χ0v) is 21.4. The Labute approximate surface area is 201 Å². The van der Waals surface area contributed by atoms with Gasteiger partial charge in [-0.05, 0) is 62.6 Å². The van der Waals surface area contributed by atoms with Crippen molar-refractivity contribution in [3.8, 4) is 0 Å². The van der Waals surface area contributed by atoms with E-state index in [9.17, 15) is 13.2 Å². The lowest BCUT2D eigenvalue weighted by molar-refractivity contribution is 0.103. The Kier molecular flexibility index (Phi) is 7.43. The first kappa shape index (κ1) is 24.2. The van der Waals surface area contributed by atoms with Crippen LogP contribution in [0.5, 0.6) is 0 Å². The van der Waals surface area contributed by atoms with Gasteiger partial charge in [0.15, 0.2) is 0 Å². The lowest BCUT2D eigenvalue weighted by Crippen LogP contribution is -2.44. The summed E-state index contributed by atoms with van der Waals surface area (Å²) in [5.74, 6) is -0.165. The van der Waals surface area contributed by atoms with Crippen LogP contribution in [0.25, 0.3) is 0 Å². The van der Waals surface area contributed by atoms with E-state index in [-0.39, 0.29) is 10.8 Å². The maximum atomic E-state index is 13.2. The van der Waals surface area contributed by atoms with Crippen molar-refractivity contribution in [2.75, 3.05) is 56.5 Å². The van der Waals surface area contributed by atoms with E-state index in [1.807, 2.05) is 26.0 Å². The molecule has 1 aromatic carbocycles. The fraction of sp³-hybridized carbons (Fsp3) is 0.542. The summed E-state index contributed by atoms with van der Waals surface area (Å²) in [7, 11) is -1.53. The van der Waals surface area contributed by atoms with Gasteiger partial charge in [0.2, 0.25) is 10.0 Å². The Morgan fingerprint density at radius 3 is 2.42 bits per heavy atom. The molecule has 0 unspecified atom stereocenters. The molecule has 1 N–H and O–H groups in total. The van der Waals surface area contributed by atoms with E-state index < -0.39 is 10.0 Å². The van der Waals surface area contributed by atoms with E-state index in [0.29, 0.717) is 23.7 Å². The van der Waals surface area contributed by atoms with Gasteiger partial charge in [0, 0.05) is 44.1 Å². The molecule has 0 bridgehead atoms. The highest BCUT2D eigenvalue weighted by molar-refractivity contribution is 7.89. The number of amides is 1. The second kappa shape index (κ2) is 10.1. The Bertz CT molecular complexity index is 1080. The van der Waals surface area contributed by atoms with Crippen LogP contribution in [0.2, 0.25) is 0 Å². The molecule has 2 heterocycles. The first-order chi connectivity index (χ1) is 15.8. The molecule has 0 radical (unpaired) electrons. The van der Waals surface area contributed by atoms with Gasteiger partial charge in [0.1, 0.15) is 0 Å². The third-order valence-electron chi connectivity index (χ3n) is 6.62. The summed E-state index contributed by atoms with van der Waals surface area (Å²) in [6, 6.07) is 7.16. The number of hydrogen-bond acceptors (Lipinski definition) is 6. The number of sulfonamides is 1. The van der Waals surface area contributed by atoms with Crippen molar-refractivity contribution in [1.82, 2.24) is 9.21 Å². The molecule has 1 saturated heterocycles. The molecule has 1 fully saturated rings. The van der Waals surface area contributed by atoms with E-state index in [2.05, 4.69) is 22.2 Å². The number of thiophene rings is 1. The van der Waals surface area contributed by atoms with Gasteiger partial charge in [0.05, 0.1) is 21.1 Å². The number of likely N-dealkylation sites (N-methyl/N-ethyl adjacent to an activating group) is 1. The van der Waals surface area contributed by atoms with Crippen LogP contribution in [-0.2, 0) is 22.9 Å². The predicted molar refractivity (Wildman–Crippen MR) is 135 cm³/mol. The van der Waals surface area contributed by atoms with E-state index >= 15 is 0 Å². The van der Waals surface area contributed by atoms with E-state index in [1.54, 1.807) is 23.5 Å². The molecule has 180 valence electrons. The highest BCUT2D eigenvalue weighted by atomic mass is 32.2. The van der Waals surface area contributed by atoms with Crippen molar-refractivity contribution in [2.24, 2.45) is 0 Å². The number of rotatable bonds is 7. The van der Waals surface area contributed by atoms with Gasteiger partial charge in [-0.3, -0.25) is 4.79 Å².